The van der Waals surface area contributed by atoms with Crippen LogP contribution in [0.15, 0.2) is 73.5 Å². The summed E-state index contributed by atoms with van der Waals surface area (Å²) in [6.07, 6.45) is 18.3. The van der Waals surface area contributed by atoms with Crippen molar-refractivity contribution in [3.05, 3.63) is 73.5 Å². The smallest absolute Gasteiger partial charge is 0.315 e. The van der Waals surface area contributed by atoms with Crippen LogP contribution in [0, 0.1) is 34.5 Å². The zero-order valence-electron chi connectivity index (χ0n) is 32.1. The summed E-state index contributed by atoms with van der Waals surface area (Å²) < 4.78 is 5.75. The molecule has 3 N–H and O–H groups in total. The molecule has 5 unspecified atom stereocenters. The van der Waals surface area contributed by atoms with E-state index in [1.165, 1.54) is 12.8 Å². The number of hydrogen-bond acceptors (Lipinski definition) is 4. The van der Waals surface area contributed by atoms with E-state index in [0.717, 1.165) is 36.5 Å². The molecule has 1 aliphatic heterocycles. The molecule has 0 aromatic heterocycles. The van der Waals surface area contributed by atoms with Crippen molar-refractivity contribution in [1.29, 1.82) is 0 Å². The Balaban J connectivity index is 0.000000318. The number of carbonyl (C=O) groups excluding carboxylic acids is 2. The van der Waals surface area contributed by atoms with Crippen LogP contribution in [0.25, 0.3) is 0 Å². The molecule has 0 aromatic carbocycles. The highest BCUT2D eigenvalue weighted by molar-refractivity contribution is 5.84. The van der Waals surface area contributed by atoms with Gasteiger partial charge in [-0.25, -0.2) is 4.79 Å². The van der Waals surface area contributed by atoms with E-state index in [1.807, 2.05) is 33.0 Å². The molecule has 7 atom stereocenters. The van der Waals surface area contributed by atoms with Crippen molar-refractivity contribution in [2.75, 3.05) is 13.7 Å². The minimum absolute atomic E-state index is 0.0165. The zero-order chi connectivity index (χ0) is 36.4. The van der Waals surface area contributed by atoms with E-state index in [9.17, 15) is 9.59 Å². The van der Waals surface area contributed by atoms with Crippen molar-refractivity contribution < 1.29 is 14.3 Å². The maximum Gasteiger partial charge on any atom is 0.315 e. The maximum absolute atomic E-state index is 12.9. The molecule has 3 aliphatic carbocycles. The van der Waals surface area contributed by atoms with E-state index in [1.54, 1.807) is 13.2 Å². The quantitative estimate of drug-likeness (QED) is 0.173. The molecule has 7 heteroatoms. The number of allylic oxidation sites excluding steroid dienone is 4. The van der Waals surface area contributed by atoms with Crippen molar-refractivity contribution >= 4 is 11.9 Å². The molecule has 0 bridgehead atoms. The minimum atomic E-state index is -0.181. The number of nitrogens with one attached hydrogen (secondary N) is 3. The fraction of sp³-hybridized carbons (Fsp3) is 0.659. The molecule has 0 radical (unpaired) electrons. The Hall–Kier alpha value is -3.06. The van der Waals surface area contributed by atoms with Gasteiger partial charge in [0.15, 0.2) is 0 Å². The second-order valence-electron chi connectivity index (χ2n) is 15.7. The fourth-order valence-corrected chi connectivity index (χ4v) is 6.67. The summed E-state index contributed by atoms with van der Waals surface area (Å²) in [5, 5.41) is 9.40. The van der Waals surface area contributed by atoms with Crippen LogP contribution in [0.1, 0.15) is 94.9 Å². The van der Waals surface area contributed by atoms with Crippen LogP contribution < -0.4 is 16.0 Å². The van der Waals surface area contributed by atoms with Gasteiger partial charge in [-0.05, 0) is 71.6 Å². The Labute approximate surface area is 293 Å². The molecular weight excluding hydrogens is 596 g/mol. The van der Waals surface area contributed by atoms with Gasteiger partial charge in [-0.3, -0.25) is 4.79 Å². The first kappa shape index (κ1) is 41.1. The van der Waals surface area contributed by atoms with Crippen molar-refractivity contribution in [3.8, 4) is 0 Å². The van der Waals surface area contributed by atoms with Crippen molar-refractivity contribution in [2.24, 2.45) is 34.5 Å². The van der Waals surface area contributed by atoms with E-state index < -0.39 is 0 Å². The fourth-order valence-electron chi connectivity index (χ4n) is 6.67. The minimum Gasteiger partial charge on any atom is -0.375 e. The number of carbonyl (C=O) groups is 2. The number of amides is 3. The zero-order valence-corrected chi connectivity index (χ0v) is 32.1. The number of piperidine rings is 1. The highest BCUT2D eigenvalue weighted by atomic mass is 16.5. The standard InChI is InChI=1S/C20H34N2O2.C19H28N2O.C2H6/c1-14(2)17(22-19(23)21-15(3)20(4,5)6)18(24-7)16-12-10-8-9-11-13-16;1-6-12(3)15(10-13-8-9-13)20-18(22)17-16-14(19(16,4)5)11-21(17)7-2;1-2/h8,10-15,17-18H,9H2,1-7H3,(H2,21,22,23);6-7,13-17H,1-3,8-11H2,4-5H3,(H,20,22);1-2H3/t;14-,15?,16-,17?;/m.0./s1. The summed E-state index contributed by atoms with van der Waals surface area (Å²) >= 11 is 0. The third-order valence-corrected chi connectivity index (χ3v) is 10.6. The van der Waals surface area contributed by atoms with Crippen LogP contribution in [-0.2, 0) is 9.53 Å². The van der Waals surface area contributed by atoms with E-state index >= 15 is 0 Å². The van der Waals surface area contributed by atoms with Gasteiger partial charge in [-0.15, -0.1) is 0 Å². The predicted octanol–water partition coefficient (Wildman–Crippen LogP) is 8.34. The average Bonchev–Trinajstić information content (AvgIpc) is 3.92. The molecule has 0 aromatic rings. The summed E-state index contributed by atoms with van der Waals surface area (Å²) in [7, 11) is 1.70. The van der Waals surface area contributed by atoms with Gasteiger partial charge < -0.3 is 25.6 Å². The number of hydrogen-bond donors (Lipinski definition) is 3. The Kier molecular flexibility index (Phi) is 15.5. The van der Waals surface area contributed by atoms with Crippen LogP contribution >= 0.6 is 0 Å². The number of likely N-dealkylation sites (tertiary alicyclic amines) is 1. The van der Waals surface area contributed by atoms with Crippen molar-refractivity contribution in [3.63, 3.8) is 0 Å². The number of ether oxygens (including phenoxy) is 1. The van der Waals surface area contributed by atoms with Gasteiger partial charge in [0.05, 0.1) is 12.1 Å². The van der Waals surface area contributed by atoms with E-state index in [4.69, 9.17) is 4.74 Å². The molecule has 4 rings (SSSR count). The van der Waals surface area contributed by atoms with Crippen molar-refractivity contribution in [2.45, 2.75) is 125 Å². The monoisotopic (exact) mass is 665 g/mol. The number of methoxy groups -OCH3 is 1. The van der Waals surface area contributed by atoms with E-state index in [2.05, 4.69) is 113 Å². The molecule has 1 saturated heterocycles. The van der Waals surface area contributed by atoms with Gasteiger partial charge in [0, 0.05) is 19.7 Å². The molecule has 4 aliphatic rings. The summed E-state index contributed by atoms with van der Waals surface area (Å²) in [5.41, 5.74) is 2.30. The highest BCUT2D eigenvalue weighted by Gasteiger charge is 2.68. The summed E-state index contributed by atoms with van der Waals surface area (Å²) in [5.74, 6) is 2.18. The number of nitrogens with zero attached hydrogens (tertiary/aromatic N) is 1. The second kappa shape index (κ2) is 18.1. The first-order valence-corrected chi connectivity index (χ1v) is 18.2. The lowest BCUT2D eigenvalue weighted by molar-refractivity contribution is -0.126. The first-order chi connectivity index (χ1) is 22.6. The molecule has 3 fully saturated rings. The predicted molar refractivity (Wildman–Crippen MR) is 202 cm³/mol. The molecule has 270 valence electrons. The summed E-state index contributed by atoms with van der Waals surface area (Å²) in [6.45, 7) is 33.8. The van der Waals surface area contributed by atoms with Gasteiger partial charge in [0.2, 0.25) is 5.91 Å². The molecule has 2 saturated carbocycles. The Morgan fingerprint density at radius 3 is 2.25 bits per heavy atom. The average molecular weight is 665 g/mol. The maximum atomic E-state index is 12.9. The Bertz CT molecular complexity index is 1200. The van der Waals surface area contributed by atoms with Gasteiger partial charge in [-0.1, -0.05) is 131 Å². The summed E-state index contributed by atoms with van der Waals surface area (Å²) in [4.78, 5) is 27.5. The molecule has 1 heterocycles. The van der Waals surface area contributed by atoms with Gasteiger partial charge >= 0.3 is 6.03 Å². The van der Waals surface area contributed by atoms with Crippen LogP contribution in [0.5, 0.6) is 0 Å². The SMILES string of the molecule is C=CC(=C)C(CC1CC1)NC(=O)C1[C@@H]2[C@H](CN1C=C)C2(C)C.CC.COC(C1=CC=CCC=C1)C(NC(=O)NC(C)C(C)(C)C)C(C)C. The molecule has 48 heavy (non-hydrogen) atoms. The number of rotatable bonds is 13. The van der Waals surface area contributed by atoms with E-state index in [0.29, 0.717) is 11.8 Å². The molecule has 0 spiro atoms. The number of fused-ring (bicyclic) bond motifs is 1. The Morgan fingerprint density at radius 1 is 1.08 bits per heavy atom. The third-order valence-electron chi connectivity index (χ3n) is 10.6. The second-order valence-corrected chi connectivity index (χ2v) is 15.7. The van der Waals surface area contributed by atoms with Crippen LogP contribution in [0.3, 0.4) is 0 Å². The lowest BCUT2D eigenvalue weighted by Crippen LogP contribution is -2.54. The van der Waals surface area contributed by atoms with Crippen molar-refractivity contribution in [1.82, 2.24) is 20.9 Å². The first-order valence-electron chi connectivity index (χ1n) is 18.2. The topological polar surface area (TPSA) is 82.7 Å². The lowest BCUT2D eigenvalue weighted by Gasteiger charge is -2.33. The summed E-state index contributed by atoms with van der Waals surface area (Å²) in [6, 6.07) is -0.218. The van der Waals surface area contributed by atoms with Crippen LogP contribution in [0.4, 0.5) is 4.79 Å². The largest absolute Gasteiger partial charge is 0.375 e. The Morgan fingerprint density at radius 2 is 1.73 bits per heavy atom. The lowest BCUT2D eigenvalue weighted by atomic mass is 9.88. The van der Waals surface area contributed by atoms with E-state index in [-0.39, 0.29) is 59.0 Å². The molecule has 7 nitrogen and oxygen atoms in total. The van der Waals surface area contributed by atoms with Gasteiger partial charge in [0.1, 0.15) is 12.1 Å². The van der Waals surface area contributed by atoms with Crippen LogP contribution in [0.2, 0.25) is 0 Å². The van der Waals surface area contributed by atoms with Gasteiger partial charge in [-0.2, -0.15) is 0 Å². The highest BCUT2D eigenvalue weighted by Crippen LogP contribution is 2.64. The normalized spacial score (nSPS) is 24.5. The molecule has 3 amide bonds. The number of urea groups is 1. The van der Waals surface area contributed by atoms with Gasteiger partial charge in [0.25, 0.3) is 0 Å². The van der Waals surface area contributed by atoms with Crippen LogP contribution in [-0.4, -0.2) is 60.8 Å². The molecular formula is C41H68N4O3. The third kappa shape index (κ3) is 11.0.